The average molecular weight is 388 g/mol. The van der Waals surface area contributed by atoms with E-state index >= 15 is 0 Å². The Morgan fingerprint density at radius 3 is 2.18 bits per heavy atom. The lowest BCUT2D eigenvalue weighted by Crippen LogP contribution is -2.50. The summed E-state index contributed by atoms with van der Waals surface area (Å²) in [6.07, 6.45) is 1.63. The summed E-state index contributed by atoms with van der Waals surface area (Å²) in [6, 6.07) is 7.85. The van der Waals surface area contributed by atoms with E-state index in [1.54, 1.807) is 0 Å². The van der Waals surface area contributed by atoms with Gasteiger partial charge in [-0.1, -0.05) is 26.0 Å². The zero-order valence-corrected chi connectivity index (χ0v) is 17.3. The Balaban J connectivity index is 1.48. The number of anilines is 1. The van der Waals surface area contributed by atoms with Crippen LogP contribution in [0.3, 0.4) is 0 Å². The van der Waals surface area contributed by atoms with Crippen molar-refractivity contribution < 1.29 is 14.3 Å². The number of rotatable bonds is 5. The number of carbonyl (C=O) groups excluding carboxylic acids is 2. The monoisotopic (exact) mass is 387 g/mol. The lowest BCUT2D eigenvalue weighted by Gasteiger charge is -2.37. The molecule has 3 rings (SSSR count). The molecular weight excluding hydrogens is 354 g/mol. The fraction of sp³-hybridized carbons (Fsp3) is 0.636. The third-order valence-electron chi connectivity index (χ3n) is 5.97. The summed E-state index contributed by atoms with van der Waals surface area (Å²) in [5, 5.41) is 3.02. The lowest BCUT2D eigenvalue weighted by molar-refractivity contribution is -0.141. The second-order valence-electron chi connectivity index (χ2n) is 8.19. The van der Waals surface area contributed by atoms with Gasteiger partial charge in [0.2, 0.25) is 11.8 Å². The molecule has 0 spiro atoms. The molecule has 1 aromatic rings. The van der Waals surface area contributed by atoms with Crippen molar-refractivity contribution in [2.24, 2.45) is 5.92 Å². The first-order valence-corrected chi connectivity index (χ1v) is 10.5. The maximum atomic E-state index is 12.7. The van der Waals surface area contributed by atoms with Gasteiger partial charge in [-0.15, -0.1) is 0 Å². The maximum absolute atomic E-state index is 12.7. The second-order valence-corrected chi connectivity index (χ2v) is 8.19. The molecule has 2 heterocycles. The summed E-state index contributed by atoms with van der Waals surface area (Å²) >= 11 is 0. The summed E-state index contributed by atoms with van der Waals surface area (Å²) in [6.45, 7) is 10.5. The van der Waals surface area contributed by atoms with E-state index in [0.29, 0.717) is 32.2 Å². The number of morpholine rings is 1. The number of nitrogens with one attached hydrogen (secondary N) is 1. The Morgan fingerprint density at radius 2 is 1.61 bits per heavy atom. The molecule has 2 saturated heterocycles. The summed E-state index contributed by atoms with van der Waals surface area (Å²) in [5.41, 5.74) is 2.09. The Labute approximate surface area is 168 Å². The second kappa shape index (κ2) is 9.52. The van der Waals surface area contributed by atoms with E-state index in [1.807, 2.05) is 24.0 Å². The standard InChI is InChI=1S/C22H33N3O3/c1-16(2)18-4-6-20(7-5-18)23-21(26)17(3)24-10-8-19(9-11-24)22(27)25-12-14-28-15-13-25/h4-7,16-17,19H,8-15H2,1-3H3,(H,23,26)/t17-/m1/s1. The van der Waals surface area contributed by atoms with E-state index in [-0.39, 0.29) is 23.8 Å². The van der Waals surface area contributed by atoms with Crippen LogP contribution >= 0.6 is 0 Å². The van der Waals surface area contributed by atoms with Crippen molar-refractivity contribution in [3.05, 3.63) is 29.8 Å². The molecule has 1 atom stereocenters. The molecule has 0 saturated carbocycles. The average Bonchev–Trinajstić information content (AvgIpc) is 2.73. The molecule has 28 heavy (non-hydrogen) atoms. The van der Waals surface area contributed by atoms with Crippen molar-refractivity contribution in [1.82, 2.24) is 9.80 Å². The van der Waals surface area contributed by atoms with Crippen molar-refractivity contribution in [1.29, 1.82) is 0 Å². The van der Waals surface area contributed by atoms with Gasteiger partial charge in [-0.2, -0.15) is 0 Å². The van der Waals surface area contributed by atoms with Crippen LogP contribution in [0.1, 0.15) is 45.1 Å². The van der Waals surface area contributed by atoms with E-state index in [9.17, 15) is 9.59 Å². The first-order chi connectivity index (χ1) is 13.5. The minimum atomic E-state index is -0.204. The fourth-order valence-electron chi connectivity index (χ4n) is 3.94. The number of nitrogens with zero attached hydrogens (tertiary/aromatic N) is 2. The number of hydrogen-bond acceptors (Lipinski definition) is 4. The summed E-state index contributed by atoms with van der Waals surface area (Å²) in [4.78, 5) is 29.4. The SMILES string of the molecule is CC(C)c1ccc(NC(=O)[C@@H](C)N2CCC(C(=O)N3CCOCC3)CC2)cc1. The molecule has 2 aliphatic rings. The van der Waals surface area contributed by atoms with Gasteiger partial charge in [-0.05, 0) is 56.5 Å². The van der Waals surface area contributed by atoms with Gasteiger partial charge in [0, 0.05) is 24.7 Å². The third kappa shape index (κ3) is 5.11. The minimum Gasteiger partial charge on any atom is -0.378 e. The van der Waals surface area contributed by atoms with Crippen LogP contribution in [0, 0.1) is 5.92 Å². The topological polar surface area (TPSA) is 61.9 Å². The Bertz CT molecular complexity index is 660. The van der Waals surface area contributed by atoms with Gasteiger partial charge in [0.1, 0.15) is 0 Å². The Kier molecular flexibility index (Phi) is 7.08. The van der Waals surface area contributed by atoms with E-state index in [2.05, 4.69) is 36.2 Å². The number of hydrogen-bond donors (Lipinski definition) is 1. The quantitative estimate of drug-likeness (QED) is 0.844. The normalized spacial score (nSPS) is 20.2. The van der Waals surface area contributed by atoms with Crippen molar-refractivity contribution >= 4 is 17.5 Å². The van der Waals surface area contributed by atoms with Crippen LogP contribution in [0.5, 0.6) is 0 Å². The number of likely N-dealkylation sites (tertiary alicyclic amines) is 1. The predicted octanol–water partition coefficient (Wildman–Crippen LogP) is 2.71. The molecule has 0 unspecified atom stereocenters. The van der Waals surface area contributed by atoms with Crippen LogP contribution in [0.4, 0.5) is 5.69 Å². The van der Waals surface area contributed by atoms with Crippen molar-refractivity contribution in [2.75, 3.05) is 44.7 Å². The highest BCUT2D eigenvalue weighted by Crippen LogP contribution is 2.23. The number of piperidine rings is 1. The smallest absolute Gasteiger partial charge is 0.241 e. The molecule has 6 heteroatoms. The van der Waals surface area contributed by atoms with Gasteiger partial charge in [0.05, 0.1) is 19.3 Å². The van der Waals surface area contributed by atoms with Crippen molar-refractivity contribution in [3.8, 4) is 0 Å². The highest BCUT2D eigenvalue weighted by Gasteiger charge is 2.32. The maximum Gasteiger partial charge on any atom is 0.241 e. The zero-order valence-electron chi connectivity index (χ0n) is 17.3. The molecule has 1 N–H and O–H groups in total. The molecule has 2 amide bonds. The van der Waals surface area contributed by atoms with Crippen molar-refractivity contribution in [3.63, 3.8) is 0 Å². The molecular formula is C22H33N3O3. The van der Waals surface area contributed by atoms with Crippen LogP contribution in [0.2, 0.25) is 0 Å². The highest BCUT2D eigenvalue weighted by atomic mass is 16.5. The summed E-state index contributed by atoms with van der Waals surface area (Å²) in [7, 11) is 0. The van der Waals surface area contributed by atoms with Crippen LogP contribution in [-0.2, 0) is 14.3 Å². The van der Waals surface area contributed by atoms with E-state index in [0.717, 1.165) is 31.6 Å². The van der Waals surface area contributed by atoms with Gasteiger partial charge in [-0.3, -0.25) is 14.5 Å². The van der Waals surface area contributed by atoms with Crippen LogP contribution < -0.4 is 5.32 Å². The number of benzene rings is 1. The minimum absolute atomic E-state index is 0.00949. The zero-order chi connectivity index (χ0) is 20.1. The van der Waals surface area contributed by atoms with E-state index in [1.165, 1.54) is 5.56 Å². The molecule has 0 aliphatic carbocycles. The van der Waals surface area contributed by atoms with Gasteiger partial charge >= 0.3 is 0 Å². The van der Waals surface area contributed by atoms with E-state index in [4.69, 9.17) is 4.74 Å². The highest BCUT2D eigenvalue weighted by molar-refractivity contribution is 5.94. The number of amides is 2. The molecule has 1 aromatic carbocycles. The lowest BCUT2D eigenvalue weighted by atomic mass is 9.94. The summed E-state index contributed by atoms with van der Waals surface area (Å²) < 4.78 is 5.33. The molecule has 2 aliphatic heterocycles. The first kappa shape index (κ1) is 20.8. The fourth-order valence-corrected chi connectivity index (χ4v) is 3.94. The largest absolute Gasteiger partial charge is 0.378 e. The van der Waals surface area contributed by atoms with E-state index < -0.39 is 0 Å². The molecule has 6 nitrogen and oxygen atoms in total. The van der Waals surface area contributed by atoms with Gasteiger partial charge in [-0.25, -0.2) is 0 Å². The van der Waals surface area contributed by atoms with Crippen LogP contribution in [0.25, 0.3) is 0 Å². The molecule has 0 aromatic heterocycles. The van der Waals surface area contributed by atoms with Crippen LogP contribution in [-0.4, -0.2) is 67.0 Å². The Hall–Kier alpha value is -1.92. The van der Waals surface area contributed by atoms with Crippen molar-refractivity contribution in [2.45, 2.75) is 45.6 Å². The molecule has 154 valence electrons. The summed E-state index contributed by atoms with van der Waals surface area (Å²) in [5.74, 6) is 0.818. The number of carbonyl (C=O) groups is 2. The molecule has 0 bridgehead atoms. The Morgan fingerprint density at radius 1 is 1.00 bits per heavy atom. The number of ether oxygens (including phenoxy) is 1. The van der Waals surface area contributed by atoms with Gasteiger partial charge in [0.25, 0.3) is 0 Å². The van der Waals surface area contributed by atoms with Gasteiger partial charge in [0.15, 0.2) is 0 Å². The third-order valence-corrected chi connectivity index (χ3v) is 5.97. The molecule has 0 radical (unpaired) electrons. The predicted molar refractivity (Wildman–Crippen MR) is 110 cm³/mol. The molecule has 2 fully saturated rings. The first-order valence-electron chi connectivity index (χ1n) is 10.5. The van der Waals surface area contributed by atoms with Crippen LogP contribution in [0.15, 0.2) is 24.3 Å². The van der Waals surface area contributed by atoms with Gasteiger partial charge < -0.3 is 15.0 Å².